The molecule has 2 aromatic rings. The van der Waals surface area contributed by atoms with E-state index in [0.29, 0.717) is 5.13 Å². The third-order valence-corrected chi connectivity index (χ3v) is 4.58. The number of anilines is 1. The third kappa shape index (κ3) is 3.95. The zero-order valence-corrected chi connectivity index (χ0v) is 13.4. The van der Waals surface area contributed by atoms with Crippen molar-refractivity contribution in [3.63, 3.8) is 0 Å². The van der Waals surface area contributed by atoms with Crippen LogP contribution in [0, 0.1) is 0 Å². The zero-order chi connectivity index (χ0) is 14.0. The second-order valence-corrected chi connectivity index (χ2v) is 8.01. The molecule has 0 spiro atoms. The van der Waals surface area contributed by atoms with Crippen LogP contribution in [-0.4, -0.2) is 25.5 Å². The fourth-order valence-corrected chi connectivity index (χ4v) is 3.87. The molecule has 0 aromatic carbocycles. The Morgan fingerprint density at radius 2 is 2.00 bits per heavy atom. The van der Waals surface area contributed by atoms with Gasteiger partial charge >= 0.3 is 0 Å². The highest BCUT2D eigenvalue weighted by atomic mass is 32.2. The number of rotatable bonds is 3. The first kappa shape index (κ1) is 14.4. The Morgan fingerprint density at radius 1 is 1.26 bits per heavy atom. The van der Waals surface area contributed by atoms with Crippen LogP contribution in [0.25, 0.3) is 0 Å². The van der Waals surface area contributed by atoms with Crippen LogP contribution in [0.2, 0.25) is 0 Å². The summed E-state index contributed by atoms with van der Waals surface area (Å²) >= 11 is 4.08. The number of nitrogens with zero attached hydrogens (tertiary/aromatic N) is 4. The van der Waals surface area contributed by atoms with Gasteiger partial charge in [-0.3, -0.25) is 4.79 Å². The highest BCUT2D eigenvalue weighted by molar-refractivity contribution is 8.02. The molecule has 0 atom stereocenters. The molecule has 9 heteroatoms. The van der Waals surface area contributed by atoms with Gasteiger partial charge in [0.05, 0.1) is 0 Å². The van der Waals surface area contributed by atoms with Gasteiger partial charge in [-0.15, -0.1) is 10.2 Å². The summed E-state index contributed by atoms with van der Waals surface area (Å²) in [6.07, 6.45) is 0. The monoisotopic (exact) mass is 315 g/mol. The molecule has 2 aromatic heterocycles. The third-order valence-electron chi connectivity index (χ3n) is 1.94. The van der Waals surface area contributed by atoms with E-state index in [1.807, 2.05) is 0 Å². The van der Waals surface area contributed by atoms with Crippen LogP contribution < -0.4 is 5.32 Å². The molecule has 2 heterocycles. The molecule has 1 N–H and O–H groups in total. The predicted molar refractivity (Wildman–Crippen MR) is 76.9 cm³/mol. The number of aromatic nitrogens is 4. The Kier molecular flexibility index (Phi) is 4.16. The minimum atomic E-state index is -0.154. The molecular formula is C10H13N5OS3. The minimum Gasteiger partial charge on any atom is -0.301 e. The lowest BCUT2D eigenvalue weighted by atomic mass is 9.96. The van der Waals surface area contributed by atoms with E-state index in [0.717, 1.165) is 14.5 Å². The van der Waals surface area contributed by atoms with Crippen LogP contribution in [0.15, 0.2) is 8.68 Å². The van der Waals surface area contributed by atoms with E-state index in [2.05, 4.69) is 45.6 Å². The van der Waals surface area contributed by atoms with Crippen molar-refractivity contribution in [2.24, 2.45) is 0 Å². The van der Waals surface area contributed by atoms with Gasteiger partial charge in [-0.25, -0.2) is 4.98 Å². The van der Waals surface area contributed by atoms with Crippen LogP contribution in [0.1, 0.15) is 33.5 Å². The van der Waals surface area contributed by atoms with Gasteiger partial charge < -0.3 is 5.32 Å². The van der Waals surface area contributed by atoms with Crippen molar-refractivity contribution in [3.05, 3.63) is 5.82 Å². The van der Waals surface area contributed by atoms with Crippen molar-refractivity contribution >= 4 is 45.7 Å². The van der Waals surface area contributed by atoms with Gasteiger partial charge in [0.1, 0.15) is 5.82 Å². The first-order chi connectivity index (χ1) is 8.84. The Hall–Kier alpha value is -1.06. The lowest BCUT2D eigenvalue weighted by molar-refractivity contribution is -0.114. The summed E-state index contributed by atoms with van der Waals surface area (Å²) in [5.74, 6) is 0.672. The molecule has 102 valence electrons. The molecule has 0 aliphatic rings. The van der Waals surface area contributed by atoms with E-state index < -0.39 is 0 Å². The first-order valence-corrected chi connectivity index (χ1v) is 7.88. The van der Waals surface area contributed by atoms with Crippen molar-refractivity contribution in [1.82, 2.24) is 19.6 Å². The van der Waals surface area contributed by atoms with Crippen LogP contribution >= 0.6 is 34.6 Å². The maximum Gasteiger partial charge on any atom is 0.223 e. The van der Waals surface area contributed by atoms with Crippen molar-refractivity contribution in [2.45, 2.75) is 41.8 Å². The number of amides is 1. The molecule has 0 radical (unpaired) electrons. The molecule has 1 amide bonds. The van der Waals surface area contributed by atoms with E-state index in [4.69, 9.17) is 0 Å². The number of hydrogen-bond acceptors (Lipinski definition) is 8. The normalized spacial score (nSPS) is 11.6. The van der Waals surface area contributed by atoms with Crippen molar-refractivity contribution in [3.8, 4) is 0 Å². The predicted octanol–water partition coefficient (Wildman–Crippen LogP) is 2.80. The molecule has 0 aliphatic heterocycles. The molecule has 0 saturated heterocycles. The number of carbonyl (C=O) groups excluding carboxylic acids is 1. The summed E-state index contributed by atoms with van der Waals surface area (Å²) in [5.41, 5.74) is -0.0578. The molecular weight excluding hydrogens is 302 g/mol. The average Bonchev–Trinajstić information content (AvgIpc) is 2.86. The second-order valence-electron chi connectivity index (χ2n) is 4.79. The van der Waals surface area contributed by atoms with Gasteiger partial charge in [0.2, 0.25) is 11.0 Å². The fraction of sp³-hybridized carbons (Fsp3) is 0.500. The van der Waals surface area contributed by atoms with Gasteiger partial charge in [0, 0.05) is 12.3 Å². The van der Waals surface area contributed by atoms with Crippen LogP contribution in [-0.2, 0) is 10.2 Å². The molecule has 0 unspecified atom stereocenters. The van der Waals surface area contributed by atoms with E-state index in [1.54, 1.807) is 0 Å². The van der Waals surface area contributed by atoms with Crippen LogP contribution in [0.4, 0.5) is 5.13 Å². The molecule has 2 rings (SSSR count). The summed E-state index contributed by atoms with van der Waals surface area (Å²) in [4.78, 5) is 15.4. The summed E-state index contributed by atoms with van der Waals surface area (Å²) in [7, 11) is 0. The van der Waals surface area contributed by atoms with E-state index in [1.165, 1.54) is 41.6 Å². The topological polar surface area (TPSA) is 80.7 Å². The summed E-state index contributed by atoms with van der Waals surface area (Å²) in [6, 6.07) is 0. The summed E-state index contributed by atoms with van der Waals surface area (Å²) in [5, 5.41) is 11.0. The van der Waals surface area contributed by atoms with E-state index in [9.17, 15) is 4.79 Å². The van der Waals surface area contributed by atoms with Crippen molar-refractivity contribution in [2.75, 3.05) is 5.32 Å². The standard InChI is InChI=1S/C10H13N5OS3/c1-5(16)11-7-13-14-9(17-7)18-8-12-6(15-19-8)10(2,3)4/h1-4H3,(H,11,13,16). The number of carbonyl (C=O) groups is 1. The average molecular weight is 315 g/mol. The minimum absolute atomic E-state index is 0.0578. The Balaban J connectivity index is 2.07. The SMILES string of the molecule is CC(=O)Nc1nnc(Sc2nc(C(C)(C)C)ns2)s1. The largest absolute Gasteiger partial charge is 0.301 e. The maximum absolute atomic E-state index is 10.9. The highest BCUT2D eigenvalue weighted by Gasteiger charge is 2.20. The van der Waals surface area contributed by atoms with Crippen molar-refractivity contribution < 1.29 is 4.79 Å². The molecule has 6 nitrogen and oxygen atoms in total. The lowest BCUT2D eigenvalue weighted by Crippen LogP contribution is -2.12. The maximum atomic E-state index is 10.9. The van der Waals surface area contributed by atoms with E-state index in [-0.39, 0.29) is 11.3 Å². The Morgan fingerprint density at radius 3 is 2.58 bits per heavy atom. The highest BCUT2D eigenvalue weighted by Crippen LogP contribution is 2.34. The molecule has 0 aliphatic carbocycles. The van der Waals surface area contributed by atoms with Crippen LogP contribution in [0.3, 0.4) is 0 Å². The Labute approximate surface area is 123 Å². The van der Waals surface area contributed by atoms with Crippen LogP contribution in [0.5, 0.6) is 0 Å². The summed E-state index contributed by atoms with van der Waals surface area (Å²) < 4.78 is 5.90. The lowest BCUT2D eigenvalue weighted by Gasteiger charge is -2.11. The molecule has 0 bridgehead atoms. The van der Waals surface area contributed by atoms with Gasteiger partial charge in [-0.05, 0) is 23.3 Å². The van der Waals surface area contributed by atoms with Gasteiger partial charge in [0.25, 0.3) is 0 Å². The quantitative estimate of drug-likeness (QED) is 0.877. The molecule has 0 saturated carbocycles. The van der Waals surface area contributed by atoms with Gasteiger partial charge in [0.15, 0.2) is 8.68 Å². The zero-order valence-electron chi connectivity index (χ0n) is 10.9. The second kappa shape index (κ2) is 5.51. The number of nitrogens with one attached hydrogen (secondary N) is 1. The number of hydrogen-bond donors (Lipinski definition) is 1. The first-order valence-electron chi connectivity index (χ1n) is 5.48. The molecule has 0 fully saturated rings. The van der Waals surface area contributed by atoms with E-state index >= 15 is 0 Å². The smallest absolute Gasteiger partial charge is 0.223 e. The summed E-state index contributed by atoms with van der Waals surface area (Å²) in [6.45, 7) is 7.66. The fourth-order valence-electron chi connectivity index (χ4n) is 1.08. The van der Waals surface area contributed by atoms with Gasteiger partial charge in [-0.1, -0.05) is 32.1 Å². The van der Waals surface area contributed by atoms with Gasteiger partial charge in [-0.2, -0.15) is 4.37 Å². The molecule has 19 heavy (non-hydrogen) atoms. The Bertz CT molecular complexity index is 586. The van der Waals surface area contributed by atoms with Crippen molar-refractivity contribution in [1.29, 1.82) is 0 Å².